The number of amides is 1. The average Bonchev–Trinajstić information content (AvgIpc) is 3.30. The fourth-order valence-corrected chi connectivity index (χ4v) is 7.21. The summed E-state index contributed by atoms with van der Waals surface area (Å²) in [5.41, 5.74) is 5.92. The predicted octanol–water partition coefficient (Wildman–Crippen LogP) is 2.66. The van der Waals surface area contributed by atoms with Crippen LogP contribution < -0.4 is 11.1 Å². The van der Waals surface area contributed by atoms with Gasteiger partial charge in [0.2, 0.25) is 5.91 Å². The third kappa shape index (κ3) is 5.03. The summed E-state index contributed by atoms with van der Waals surface area (Å²) in [7, 11) is -3.62. The largest absolute Gasteiger partial charge is 0.350 e. The molecule has 1 aliphatic carbocycles. The first-order valence-corrected chi connectivity index (χ1v) is 11.8. The zero-order valence-corrected chi connectivity index (χ0v) is 18.2. The minimum absolute atomic E-state index is 0. The van der Waals surface area contributed by atoms with Gasteiger partial charge in [0, 0.05) is 24.0 Å². The number of halogens is 1. The molecule has 154 valence electrons. The second-order valence-corrected chi connectivity index (χ2v) is 10.8. The molecule has 2 unspecified atom stereocenters. The Balaban J connectivity index is 0.00000261. The van der Waals surface area contributed by atoms with Gasteiger partial charge < -0.3 is 11.1 Å². The second kappa shape index (κ2) is 9.69. The Morgan fingerprint density at radius 3 is 2.56 bits per heavy atom. The molecule has 1 aromatic rings. The van der Waals surface area contributed by atoms with Gasteiger partial charge in [-0.15, -0.1) is 23.7 Å². The molecule has 2 aliphatic rings. The Bertz CT molecular complexity index is 732. The second-order valence-electron chi connectivity index (χ2n) is 7.39. The van der Waals surface area contributed by atoms with Crippen molar-refractivity contribution in [2.24, 2.45) is 11.7 Å². The summed E-state index contributed by atoms with van der Waals surface area (Å²) in [6, 6.07) is 2.75. The molecule has 2 fully saturated rings. The van der Waals surface area contributed by atoms with E-state index in [1.807, 2.05) is 6.92 Å². The number of nitrogens with one attached hydrogen (secondary N) is 1. The zero-order chi connectivity index (χ0) is 18.7. The van der Waals surface area contributed by atoms with Gasteiger partial charge in [0.25, 0.3) is 10.0 Å². The first kappa shape index (κ1) is 22.6. The van der Waals surface area contributed by atoms with Crippen LogP contribution in [0.15, 0.2) is 16.3 Å². The zero-order valence-electron chi connectivity index (χ0n) is 15.7. The van der Waals surface area contributed by atoms with Crippen LogP contribution in [0.5, 0.6) is 0 Å². The quantitative estimate of drug-likeness (QED) is 0.718. The Morgan fingerprint density at radius 1 is 1.26 bits per heavy atom. The van der Waals surface area contributed by atoms with Crippen molar-refractivity contribution < 1.29 is 13.2 Å². The lowest BCUT2D eigenvalue weighted by Gasteiger charge is -2.32. The number of hydrogen-bond acceptors (Lipinski definition) is 5. The molecule has 3 rings (SSSR count). The molecule has 27 heavy (non-hydrogen) atoms. The lowest BCUT2D eigenvalue weighted by molar-refractivity contribution is -0.125. The molecule has 1 aliphatic heterocycles. The highest BCUT2D eigenvalue weighted by molar-refractivity contribution is 7.91. The van der Waals surface area contributed by atoms with Crippen LogP contribution in [0.25, 0.3) is 0 Å². The highest BCUT2D eigenvalue weighted by Crippen LogP contribution is 2.31. The Morgan fingerprint density at radius 2 is 1.96 bits per heavy atom. The van der Waals surface area contributed by atoms with Crippen molar-refractivity contribution in [3.8, 4) is 0 Å². The number of carbonyl (C=O) groups excluding carboxylic acids is 1. The van der Waals surface area contributed by atoms with Crippen molar-refractivity contribution in [2.75, 3.05) is 13.1 Å². The summed E-state index contributed by atoms with van der Waals surface area (Å²) in [5.74, 6) is 0.212. The van der Waals surface area contributed by atoms with Gasteiger partial charge in [-0.1, -0.05) is 19.3 Å². The van der Waals surface area contributed by atoms with Crippen LogP contribution in [-0.2, 0) is 14.8 Å². The summed E-state index contributed by atoms with van der Waals surface area (Å²) in [5, 5.41) is 3.07. The highest BCUT2D eigenvalue weighted by atomic mass is 35.5. The van der Waals surface area contributed by atoms with Gasteiger partial charge in [-0.05, 0) is 50.7 Å². The summed E-state index contributed by atoms with van der Waals surface area (Å²) < 4.78 is 27.6. The molecule has 0 spiro atoms. The molecular formula is C18H30ClN3O3S2. The van der Waals surface area contributed by atoms with Crippen LogP contribution in [0, 0.1) is 12.8 Å². The molecule has 2 atom stereocenters. The first-order valence-electron chi connectivity index (χ1n) is 9.52. The number of carbonyl (C=O) groups is 1. The van der Waals surface area contributed by atoms with Crippen LogP contribution in [-0.4, -0.2) is 43.8 Å². The van der Waals surface area contributed by atoms with Gasteiger partial charge in [-0.3, -0.25) is 4.79 Å². The molecule has 1 saturated carbocycles. The van der Waals surface area contributed by atoms with Gasteiger partial charge in [-0.25, -0.2) is 8.42 Å². The van der Waals surface area contributed by atoms with Gasteiger partial charge in [0.1, 0.15) is 10.3 Å². The smallest absolute Gasteiger partial charge is 0.253 e. The Kier molecular flexibility index (Phi) is 8.12. The summed E-state index contributed by atoms with van der Waals surface area (Å²) in [6.45, 7) is 2.68. The van der Waals surface area contributed by atoms with Crippen LogP contribution in [0.3, 0.4) is 0 Å². The number of hydrogen-bond donors (Lipinski definition) is 2. The van der Waals surface area contributed by atoms with Crippen molar-refractivity contribution in [2.45, 2.75) is 68.2 Å². The highest BCUT2D eigenvalue weighted by Gasteiger charge is 2.41. The van der Waals surface area contributed by atoms with Gasteiger partial charge >= 0.3 is 0 Å². The molecule has 2 heterocycles. The van der Waals surface area contributed by atoms with Gasteiger partial charge in [0.05, 0.1) is 0 Å². The minimum atomic E-state index is -3.62. The number of aryl methyl sites for hydroxylation is 1. The van der Waals surface area contributed by atoms with Crippen molar-refractivity contribution in [3.63, 3.8) is 0 Å². The van der Waals surface area contributed by atoms with Gasteiger partial charge in [0.15, 0.2) is 0 Å². The average molecular weight is 436 g/mol. The van der Waals surface area contributed by atoms with Gasteiger partial charge in [-0.2, -0.15) is 4.31 Å². The molecule has 6 nitrogen and oxygen atoms in total. The Labute approximate surface area is 172 Å². The lowest BCUT2D eigenvalue weighted by atomic mass is 9.84. The molecular weight excluding hydrogens is 406 g/mol. The van der Waals surface area contributed by atoms with Crippen LogP contribution in [0.2, 0.25) is 0 Å². The molecule has 1 saturated heterocycles. The minimum Gasteiger partial charge on any atom is -0.350 e. The molecule has 1 aromatic heterocycles. The van der Waals surface area contributed by atoms with E-state index in [0.717, 1.165) is 17.7 Å². The van der Waals surface area contributed by atoms with Crippen molar-refractivity contribution in [3.05, 3.63) is 17.0 Å². The van der Waals surface area contributed by atoms with Crippen LogP contribution in [0.1, 0.15) is 49.8 Å². The van der Waals surface area contributed by atoms with E-state index < -0.39 is 16.1 Å². The molecule has 1 amide bonds. The van der Waals surface area contributed by atoms with Crippen LogP contribution in [0.4, 0.5) is 0 Å². The summed E-state index contributed by atoms with van der Waals surface area (Å²) in [6.07, 6.45) is 7.05. The third-order valence-electron chi connectivity index (χ3n) is 5.59. The fourth-order valence-electron chi connectivity index (χ4n) is 4.14. The van der Waals surface area contributed by atoms with Crippen LogP contribution >= 0.6 is 23.7 Å². The van der Waals surface area contributed by atoms with E-state index in [2.05, 4.69) is 5.32 Å². The number of nitrogens with zero attached hydrogens (tertiary/aromatic N) is 1. The normalized spacial score (nSPS) is 23.0. The molecule has 0 radical (unpaired) electrons. The van der Waals surface area contributed by atoms with Crippen molar-refractivity contribution >= 4 is 39.7 Å². The molecule has 0 bridgehead atoms. The SMILES string of the molecule is Cc1ccc(S(=O)(=O)N2CCCC2C(=O)NC(CN)C2CCCCC2)s1.Cl. The van der Waals surface area contributed by atoms with E-state index in [1.165, 1.54) is 34.9 Å². The number of thiophene rings is 1. The standard InChI is InChI=1S/C18H29N3O3S2.ClH/c1-13-9-10-17(25-13)26(23,24)21-11-5-8-16(21)18(22)20-15(12-19)14-6-3-2-4-7-14;/h9-10,14-16H,2-8,11-12,19H2,1H3,(H,20,22);1H. The number of sulfonamides is 1. The predicted molar refractivity (Wildman–Crippen MR) is 111 cm³/mol. The number of rotatable bonds is 6. The van der Waals surface area contributed by atoms with E-state index in [4.69, 9.17) is 5.73 Å². The topological polar surface area (TPSA) is 92.5 Å². The van der Waals surface area contributed by atoms with E-state index in [1.54, 1.807) is 12.1 Å². The third-order valence-corrected chi connectivity index (χ3v) is 8.96. The first-order chi connectivity index (χ1) is 12.4. The van der Waals surface area contributed by atoms with Crippen molar-refractivity contribution in [1.82, 2.24) is 9.62 Å². The summed E-state index contributed by atoms with van der Waals surface area (Å²) >= 11 is 1.26. The summed E-state index contributed by atoms with van der Waals surface area (Å²) in [4.78, 5) is 13.8. The van der Waals surface area contributed by atoms with Crippen molar-refractivity contribution in [1.29, 1.82) is 0 Å². The molecule has 3 N–H and O–H groups in total. The van der Waals surface area contributed by atoms with E-state index in [0.29, 0.717) is 36.1 Å². The fraction of sp³-hybridized carbons (Fsp3) is 0.722. The molecule has 9 heteroatoms. The Hall–Kier alpha value is -0.670. The van der Waals surface area contributed by atoms with E-state index >= 15 is 0 Å². The molecule has 0 aromatic carbocycles. The van der Waals surface area contributed by atoms with E-state index in [-0.39, 0.29) is 24.4 Å². The monoisotopic (exact) mass is 435 g/mol. The maximum atomic E-state index is 13.0. The van der Waals surface area contributed by atoms with E-state index in [9.17, 15) is 13.2 Å². The lowest BCUT2D eigenvalue weighted by Crippen LogP contribution is -2.52. The number of nitrogens with two attached hydrogens (primary N) is 1. The maximum absolute atomic E-state index is 13.0. The maximum Gasteiger partial charge on any atom is 0.253 e.